The van der Waals surface area contributed by atoms with Gasteiger partial charge in [-0.1, -0.05) is 24.3 Å². The fraction of sp³-hybridized carbons (Fsp3) is 0.588. The van der Waals surface area contributed by atoms with E-state index in [9.17, 15) is 4.79 Å². The van der Waals surface area contributed by atoms with Crippen LogP contribution >= 0.6 is 24.2 Å². The van der Waals surface area contributed by atoms with Crippen molar-refractivity contribution in [3.05, 3.63) is 35.4 Å². The van der Waals surface area contributed by atoms with Crippen molar-refractivity contribution in [1.82, 2.24) is 9.80 Å². The molecule has 2 N–H and O–H groups in total. The van der Waals surface area contributed by atoms with Crippen molar-refractivity contribution < 1.29 is 4.79 Å². The maximum absolute atomic E-state index is 12.3. The molecular weight excluding hydrogens is 330 g/mol. The van der Waals surface area contributed by atoms with Gasteiger partial charge in [-0.15, -0.1) is 12.4 Å². The van der Waals surface area contributed by atoms with Crippen molar-refractivity contribution in [2.75, 3.05) is 38.2 Å². The second-order valence-electron chi connectivity index (χ2n) is 5.92. The number of hydrogen-bond acceptors (Lipinski definition) is 4. The highest BCUT2D eigenvalue weighted by atomic mass is 35.5. The Morgan fingerprint density at radius 2 is 1.91 bits per heavy atom. The number of amides is 1. The van der Waals surface area contributed by atoms with Gasteiger partial charge in [0.15, 0.2) is 0 Å². The van der Waals surface area contributed by atoms with E-state index in [0.717, 1.165) is 44.9 Å². The summed E-state index contributed by atoms with van der Waals surface area (Å²) in [5.41, 5.74) is 8.70. The number of piperazine rings is 1. The Labute approximate surface area is 150 Å². The van der Waals surface area contributed by atoms with Crippen LogP contribution in [-0.4, -0.2) is 59.9 Å². The number of thioether (sulfide) groups is 1. The van der Waals surface area contributed by atoms with Gasteiger partial charge in [0.1, 0.15) is 0 Å². The zero-order chi connectivity index (χ0) is 15.9. The first kappa shape index (κ1) is 20.3. The van der Waals surface area contributed by atoms with Gasteiger partial charge in [-0.2, -0.15) is 11.8 Å². The normalized spacial score (nSPS) is 16.7. The summed E-state index contributed by atoms with van der Waals surface area (Å²) in [5.74, 6) is 1.06. The molecule has 130 valence electrons. The predicted octanol–water partition coefficient (Wildman–Crippen LogP) is 2.14. The molecule has 1 heterocycles. The molecule has 1 aliphatic rings. The Bertz CT molecular complexity index is 492. The topological polar surface area (TPSA) is 49.6 Å². The Morgan fingerprint density at radius 1 is 1.26 bits per heavy atom. The van der Waals surface area contributed by atoms with Crippen LogP contribution in [0.15, 0.2) is 24.3 Å². The van der Waals surface area contributed by atoms with E-state index < -0.39 is 0 Å². The van der Waals surface area contributed by atoms with E-state index in [1.807, 2.05) is 11.2 Å². The lowest BCUT2D eigenvalue weighted by Gasteiger charge is -2.36. The van der Waals surface area contributed by atoms with Crippen molar-refractivity contribution >= 4 is 30.1 Å². The summed E-state index contributed by atoms with van der Waals surface area (Å²) in [5, 5.41) is 0. The standard InChI is InChI=1S/C17H27N3OS.ClH/c1-14-5-3-4-6-15(14)13-19-8-10-20(11-9-19)17(21)16(18)7-12-22-2;/h3-6,16H,7-13,18H2,1-2H3;1H. The summed E-state index contributed by atoms with van der Waals surface area (Å²) < 4.78 is 0. The number of halogens is 1. The lowest BCUT2D eigenvalue weighted by Crippen LogP contribution is -2.53. The first-order valence-corrected chi connectivity index (χ1v) is 9.31. The Morgan fingerprint density at radius 3 is 2.52 bits per heavy atom. The highest BCUT2D eigenvalue weighted by molar-refractivity contribution is 7.98. The first-order valence-electron chi connectivity index (χ1n) is 7.92. The maximum atomic E-state index is 12.3. The molecular formula is C17H28ClN3OS. The van der Waals surface area contributed by atoms with Gasteiger partial charge >= 0.3 is 0 Å². The van der Waals surface area contributed by atoms with E-state index in [4.69, 9.17) is 5.73 Å². The number of nitrogens with zero attached hydrogens (tertiary/aromatic N) is 2. The minimum absolute atomic E-state index is 0. The number of rotatable bonds is 6. The minimum atomic E-state index is -0.338. The zero-order valence-corrected chi connectivity index (χ0v) is 15.7. The molecule has 1 aromatic carbocycles. The molecule has 0 spiro atoms. The van der Waals surface area contributed by atoms with Crippen molar-refractivity contribution in [2.45, 2.75) is 25.9 Å². The monoisotopic (exact) mass is 357 g/mol. The molecule has 0 aliphatic carbocycles. The SMILES string of the molecule is CSCCC(N)C(=O)N1CCN(Cc2ccccc2C)CC1.Cl. The average Bonchev–Trinajstić information content (AvgIpc) is 2.55. The van der Waals surface area contributed by atoms with Gasteiger partial charge in [-0.3, -0.25) is 9.69 Å². The smallest absolute Gasteiger partial charge is 0.239 e. The van der Waals surface area contributed by atoms with Gasteiger partial charge in [0.2, 0.25) is 5.91 Å². The lowest BCUT2D eigenvalue weighted by atomic mass is 10.1. The molecule has 0 saturated carbocycles. The molecule has 1 unspecified atom stereocenters. The largest absolute Gasteiger partial charge is 0.339 e. The molecule has 1 aromatic rings. The minimum Gasteiger partial charge on any atom is -0.339 e. The van der Waals surface area contributed by atoms with Crippen LogP contribution in [0.4, 0.5) is 0 Å². The molecule has 1 amide bonds. The van der Waals surface area contributed by atoms with E-state index in [-0.39, 0.29) is 24.4 Å². The highest BCUT2D eigenvalue weighted by Crippen LogP contribution is 2.13. The summed E-state index contributed by atoms with van der Waals surface area (Å²) in [6.45, 7) is 6.55. The van der Waals surface area contributed by atoms with E-state index in [0.29, 0.717) is 0 Å². The summed E-state index contributed by atoms with van der Waals surface area (Å²) in [7, 11) is 0. The van der Waals surface area contributed by atoms with Crippen molar-refractivity contribution in [2.24, 2.45) is 5.73 Å². The van der Waals surface area contributed by atoms with Gasteiger partial charge in [-0.05, 0) is 36.5 Å². The number of aryl methyl sites for hydroxylation is 1. The molecule has 6 heteroatoms. The van der Waals surface area contributed by atoms with Crippen LogP contribution in [0, 0.1) is 6.92 Å². The van der Waals surface area contributed by atoms with Crippen molar-refractivity contribution in [1.29, 1.82) is 0 Å². The van der Waals surface area contributed by atoms with Gasteiger partial charge in [0, 0.05) is 32.7 Å². The number of carbonyl (C=O) groups excluding carboxylic acids is 1. The number of nitrogens with two attached hydrogens (primary N) is 1. The highest BCUT2D eigenvalue weighted by Gasteiger charge is 2.25. The van der Waals surface area contributed by atoms with Crippen molar-refractivity contribution in [3.8, 4) is 0 Å². The molecule has 4 nitrogen and oxygen atoms in total. The molecule has 1 saturated heterocycles. The molecule has 1 aliphatic heterocycles. The summed E-state index contributed by atoms with van der Waals surface area (Å²) in [4.78, 5) is 16.6. The van der Waals surface area contributed by atoms with Crippen LogP contribution in [0.2, 0.25) is 0 Å². The van der Waals surface area contributed by atoms with Crippen LogP contribution in [0.1, 0.15) is 17.5 Å². The third kappa shape index (κ3) is 5.99. The number of carbonyl (C=O) groups is 1. The Kier molecular flexibility index (Phi) is 8.99. The van der Waals surface area contributed by atoms with E-state index in [2.05, 4.69) is 36.1 Å². The average molecular weight is 358 g/mol. The molecule has 1 fully saturated rings. The van der Waals surface area contributed by atoms with Crippen LogP contribution in [0.5, 0.6) is 0 Å². The molecule has 2 rings (SSSR count). The van der Waals surface area contributed by atoms with Crippen LogP contribution in [0.25, 0.3) is 0 Å². The van der Waals surface area contributed by atoms with E-state index >= 15 is 0 Å². The van der Waals surface area contributed by atoms with Gasteiger partial charge < -0.3 is 10.6 Å². The Hall–Kier alpha value is -0.750. The molecule has 1 atom stereocenters. The van der Waals surface area contributed by atoms with Gasteiger partial charge in [0.05, 0.1) is 6.04 Å². The van der Waals surface area contributed by atoms with Gasteiger partial charge in [-0.25, -0.2) is 0 Å². The quantitative estimate of drug-likeness (QED) is 0.847. The second-order valence-corrected chi connectivity index (χ2v) is 6.90. The third-order valence-corrected chi connectivity index (χ3v) is 4.93. The molecule has 0 radical (unpaired) electrons. The second kappa shape index (κ2) is 10.2. The van der Waals surface area contributed by atoms with Crippen LogP contribution in [0.3, 0.4) is 0 Å². The fourth-order valence-electron chi connectivity index (χ4n) is 2.76. The summed E-state index contributed by atoms with van der Waals surface area (Å²) in [6.07, 6.45) is 2.81. The van der Waals surface area contributed by atoms with E-state index in [1.54, 1.807) is 11.8 Å². The molecule has 0 bridgehead atoms. The third-order valence-electron chi connectivity index (χ3n) is 4.29. The summed E-state index contributed by atoms with van der Waals surface area (Å²) >= 11 is 1.74. The lowest BCUT2D eigenvalue weighted by molar-refractivity contribution is -0.134. The molecule has 0 aromatic heterocycles. The maximum Gasteiger partial charge on any atom is 0.239 e. The molecule has 23 heavy (non-hydrogen) atoms. The van der Waals surface area contributed by atoms with E-state index in [1.165, 1.54) is 11.1 Å². The van der Waals surface area contributed by atoms with Gasteiger partial charge in [0.25, 0.3) is 0 Å². The number of benzene rings is 1. The van der Waals surface area contributed by atoms with Crippen LogP contribution in [-0.2, 0) is 11.3 Å². The first-order chi connectivity index (χ1) is 10.6. The summed E-state index contributed by atoms with van der Waals surface area (Å²) in [6, 6.07) is 8.17. The Balaban J connectivity index is 0.00000264. The van der Waals surface area contributed by atoms with Crippen LogP contribution < -0.4 is 5.73 Å². The fourth-order valence-corrected chi connectivity index (χ4v) is 3.25. The predicted molar refractivity (Wildman–Crippen MR) is 101 cm³/mol. The zero-order valence-electron chi connectivity index (χ0n) is 14.0. The van der Waals surface area contributed by atoms with Crippen molar-refractivity contribution in [3.63, 3.8) is 0 Å². The number of hydrogen-bond donors (Lipinski definition) is 1.